The van der Waals surface area contributed by atoms with Gasteiger partial charge in [0.2, 0.25) is 0 Å². The molecule has 0 spiro atoms. The summed E-state index contributed by atoms with van der Waals surface area (Å²) < 4.78 is 0. The van der Waals surface area contributed by atoms with Crippen LogP contribution >= 0.6 is 0 Å². The molecule has 0 saturated heterocycles. The predicted molar refractivity (Wildman–Crippen MR) is 14.2 cm³/mol. The van der Waals surface area contributed by atoms with Crippen molar-refractivity contribution in [3.63, 3.8) is 0 Å². The molecular weight excluding hydrogens is 299 g/mol. The second-order valence-corrected chi connectivity index (χ2v) is 0. The summed E-state index contributed by atoms with van der Waals surface area (Å²) in [6, 6.07) is 0. The minimum Gasteiger partial charge on any atom is -1.00 e. The van der Waals surface area contributed by atoms with Crippen LogP contribution in [0.4, 0.5) is 0 Å². The van der Waals surface area contributed by atoms with Crippen molar-refractivity contribution < 1.29 is 78.7 Å². The fraction of sp³-hybridized carbons (Fsp3) is 0. The molecule has 9 heavy (non-hydrogen) atoms. The zero-order valence-electron chi connectivity index (χ0n) is 4.10. The van der Waals surface area contributed by atoms with Gasteiger partial charge in [-0.15, -0.1) is 0 Å². The van der Waals surface area contributed by atoms with Crippen LogP contribution in [-0.4, -0.2) is 13.6 Å². The summed E-state index contributed by atoms with van der Waals surface area (Å²) in [5, 5.41) is 0. The van der Waals surface area contributed by atoms with Gasteiger partial charge in [-0.25, -0.2) is 0 Å². The minimum atomic E-state index is 0. The largest absolute Gasteiger partial charge is 4.00 e. The summed E-state index contributed by atoms with van der Waals surface area (Å²) in [7, 11) is 0. The second-order valence-electron chi connectivity index (χ2n) is 0. The van der Waals surface area contributed by atoms with Gasteiger partial charge >= 0.3 is 19.5 Å². The third-order valence-electron chi connectivity index (χ3n) is 0. The average molecular weight is 303 g/mol. The van der Waals surface area contributed by atoms with Crippen molar-refractivity contribution in [2.75, 3.05) is 0 Å². The van der Waals surface area contributed by atoms with E-state index in [1.807, 2.05) is 13.6 Å². The van der Waals surface area contributed by atoms with Crippen molar-refractivity contribution in [3.8, 4) is 0 Å². The Bertz CT molecular complexity index is 18.5. The van der Waals surface area contributed by atoms with E-state index in [0.717, 1.165) is 0 Å². The number of carbonyl (C=O) groups is 2. The zero-order chi connectivity index (χ0) is 4.00. The van der Waals surface area contributed by atoms with Gasteiger partial charge in [-0.1, -0.05) is 0 Å². The summed E-state index contributed by atoms with van der Waals surface area (Å²) in [5.74, 6) is 0. The average Bonchev–Trinajstić information content (AvgIpc) is 1.50. The van der Waals surface area contributed by atoms with Gasteiger partial charge in [-0.2, -0.15) is 0 Å². The van der Waals surface area contributed by atoms with Crippen molar-refractivity contribution in [2.45, 2.75) is 0 Å². The Labute approximate surface area is 91.9 Å². The molecule has 0 atom stereocenters. The molecule has 0 bridgehead atoms. The van der Waals surface area contributed by atoms with Crippen LogP contribution in [0.2, 0.25) is 0 Å². The van der Waals surface area contributed by atoms with E-state index >= 15 is 0 Å². The molecule has 0 aliphatic carbocycles. The molecule has 60 valence electrons. The molecule has 0 aliphatic heterocycles. The van der Waals surface area contributed by atoms with Gasteiger partial charge in [0.1, 0.15) is 13.6 Å². The quantitative estimate of drug-likeness (QED) is 0.417. The fourth-order valence-corrected chi connectivity index (χ4v) is 0. The maximum Gasteiger partial charge on any atom is 4.00 e. The number of hydrogen-bond acceptors (Lipinski definition) is 2. The number of halogens is 4. The standard InChI is InChI=1S/2CH2O.4ClH.Ru/c2*1-2;;;;;/h2*1H2;4*1H;/q;;;;;;+4/p-4. The van der Waals surface area contributed by atoms with E-state index in [-0.39, 0.29) is 69.1 Å². The topological polar surface area (TPSA) is 34.1 Å². The zero-order valence-corrected chi connectivity index (χ0v) is 8.86. The minimum absolute atomic E-state index is 0. The van der Waals surface area contributed by atoms with Crippen LogP contribution in [0.5, 0.6) is 0 Å². The van der Waals surface area contributed by atoms with Gasteiger partial charge in [0.15, 0.2) is 0 Å². The molecule has 0 aliphatic rings. The number of rotatable bonds is 0. The molecule has 0 radical (unpaired) electrons. The Morgan fingerprint density at radius 3 is 0.556 bits per heavy atom. The van der Waals surface area contributed by atoms with Crippen molar-refractivity contribution in [3.05, 3.63) is 0 Å². The Hall–Kier alpha value is 1.12. The van der Waals surface area contributed by atoms with Gasteiger partial charge in [0, 0.05) is 0 Å². The van der Waals surface area contributed by atoms with Crippen LogP contribution in [-0.2, 0) is 29.1 Å². The van der Waals surface area contributed by atoms with E-state index in [1.54, 1.807) is 0 Å². The molecule has 0 aromatic heterocycles. The summed E-state index contributed by atoms with van der Waals surface area (Å²) in [6.07, 6.45) is 0. The monoisotopic (exact) mass is 302 g/mol. The molecular formula is C2H4Cl4O2Ru. The molecule has 0 rings (SSSR count). The first-order chi connectivity index (χ1) is 2.00. The van der Waals surface area contributed by atoms with Crippen molar-refractivity contribution >= 4 is 13.6 Å². The molecule has 0 amide bonds. The molecule has 2 nitrogen and oxygen atoms in total. The molecule has 0 N–H and O–H groups in total. The van der Waals surface area contributed by atoms with E-state index < -0.39 is 0 Å². The van der Waals surface area contributed by atoms with Gasteiger partial charge in [-0.05, 0) is 0 Å². The van der Waals surface area contributed by atoms with Crippen LogP contribution in [0.15, 0.2) is 0 Å². The number of carbonyl (C=O) groups excluding carboxylic acids is 2. The first-order valence-electron chi connectivity index (χ1n) is 0.577. The SMILES string of the molecule is C=O.C=O.[Cl-].[Cl-].[Cl-].[Cl-].[Ru+4]. The smallest absolute Gasteiger partial charge is 1.00 e. The Kier molecular flexibility index (Phi) is 4580. The first-order valence-corrected chi connectivity index (χ1v) is 0.577. The normalized spacial score (nSPS) is 0.889. The second kappa shape index (κ2) is 477. The summed E-state index contributed by atoms with van der Waals surface area (Å²) >= 11 is 0. The van der Waals surface area contributed by atoms with E-state index in [9.17, 15) is 0 Å². The molecule has 0 heterocycles. The third kappa shape index (κ3) is 367. The molecule has 0 aromatic carbocycles. The maximum absolute atomic E-state index is 8.00. The van der Waals surface area contributed by atoms with Gasteiger partial charge in [0.05, 0.1) is 0 Å². The van der Waals surface area contributed by atoms with Crippen LogP contribution in [0, 0.1) is 0 Å². The van der Waals surface area contributed by atoms with Crippen LogP contribution in [0.3, 0.4) is 0 Å². The Balaban J connectivity index is -0.00000000114. The van der Waals surface area contributed by atoms with Crippen molar-refractivity contribution in [2.24, 2.45) is 0 Å². The number of hydrogen-bond donors (Lipinski definition) is 0. The van der Waals surface area contributed by atoms with E-state index in [0.29, 0.717) is 0 Å². The molecule has 0 aromatic rings. The molecule has 7 heteroatoms. The summed E-state index contributed by atoms with van der Waals surface area (Å²) in [6.45, 7) is 4.00. The van der Waals surface area contributed by atoms with Crippen LogP contribution in [0.1, 0.15) is 0 Å². The van der Waals surface area contributed by atoms with E-state index in [1.165, 1.54) is 0 Å². The molecule has 0 saturated carbocycles. The maximum atomic E-state index is 8.00. The fourth-order valence-electron chi connectivity index (χ4n) is 0. The van der Waals surface area contributed by atoms with Gasteiger partial charge in [-0.3, -0.25) is 0 Å². The predicted octanol–water partition coefficient (Wildman–Crippen LogP) is -12.4. The molecule has 0 unspecified atom stereocenters. The Morgan fingerprint density at radius 1 is 0.556 bits per heavy atom. The Morgan fingerprint density at radius 2 is 0.556 bits per heavy atom. The van der Waals surface area contributed by atoms with Crippen LogP contribution in [0.25, 0.3) is 0 Å². The van der Waals surface area contributed by atoms with Crippen LogP contribution < -0.4 is 49.6 Å². The van der Waals surface area contributed by atoms with Crippen molar-refractivity contribution in [1.82, 2.24) is 0 Å². The van der Waals surface area contributed by atoms with Gasteiger partial charge < -0.3 is 59.2 Å². The third-order valence-corrected chi connectivity index (χ3v) is 0. The van der Waals surface area contributed by atoms with Gasteiger partial charge in [0.25, 0.3) is 0 Å². The molecule has 0 fully saturated rings. The van der Waals surface area contributed by atoms with E-state index in [2.05, 4.69) is 0 Å². The summed E-state index contributed by atoms with van der Waals surface area (Å²) in [4.78, 5) is 16.0. The first kappa shape index (κ1) is 86.4. The summed E-state index contributed by atoms with van der Waals surface area (Å²) in [5.41, 5.74) is 0. The van der Waals surface area contributed by atoms with E-state index in [4.69, 9.17) is 9.59 Å². The van der Waals surface area contributed by atoms with Crippen molar-refractivity contribution in [1.29, 1.82) is 0 Å².